The molecule has 4 rings (SSSR count). The quantitative estimate of drug-likeness (QED) is 0.450. The Labute approximate surface area is 189 Å². The Hall–Kier alpha value is -4.46. The molecule has 2 aromatic carbocycles. The molecule has 1 saturated heterocycles. The molecule has 4 amide bonds. The van der Waals surface area contributed by atoms with Gasteiger partial charge in [-0.15, -0.1) is 0 Å². The first-order valence-electron chi connectivity index (χ1n) is 10.2. The molecule has 1 aliphatic rings. The van der Waals surface area contributed by atoms with Crippen molar-refractivity contribution < 1.29 is 28.7 Å². The third-order valence-electron chi connectivity index (χ3n) is 5.36. The van der Waals surface area contributed by atoms with Gasteiger partial charge in [-0.3, -0.25) is 14.9 Å². The number of carbonyl (C=O) groups is 4. The summed E-state index contributed by atoms with van der Waals surface area (Å²) < 4.78 is 5.79. The molecule has 3 aromatic rings. The van der Waals surface area contributed by atoms with Crippen molar-refractivity contribution in [1.29, 1.82) is 0 Å². The van der Waals surface area contributed by atoms with Crippen molar-refractivity contribution in [3.8, 4) is 11.3 Å². The summed E-state index contributed by atoms with van der Waals surface area (Å²) in [5.74, 6) is -1.91. The maximum absolute atomic E-state index is 13.0. The van der Waals surface area contributed by atoms with Crippen LogP contribution in [0, 0.1) is 6.92 Å². The van der Waals surface area contributed by atoms with E-state index >= 15 is 0 Å². The standard InChI is InChI=1S/C25H20N2O6/c1-3-15-4-7-17(8-5-15)27-23(29)20(22(28)26-25(27)32)13-18-9-11-21(33-18)19-10-6-16(24(30)31)12-14(19)2/h4-13H,3H2,1-2H3,(H,30,31)(H,26,28,32)/b20-13-. The van der Waals surface area contributed by atoms with Gasteiger partial charge < -0.3 is 9.52 Å². The first kappa shape index (κ1) is 21.8. The van der Waals surface area contributed by atoms with Crippen molar-refractivity contribution in [3.05, 3.63) is 82.6 Å². The number of nitrogens with one attached hydrogen (secondary N) is 1. The van der Waals surface area contributed by atoms with Crippen LogP contribution < -0.4 is 10.2 Å². The minimum Gasteiger partial charge on any atom is -0.478 e. The summed E-state index contributed by atoms with van der Waals surface area (Å²) in [6.45, 7) is 3.75. The molecule has 1 aromatic heterocycles. The van der Waals surface area contributed by atoms with Crippen molar-refractivity contribution in [1.82, 2.24) is 5.32 Å². The Morgan fingerprint density at radius 2 is 1.79 bits per heavy atom. The van der Waals surface area contributed by atoms with Crippen LogP contribution in [0.25, 0.3) is 17.4 Å². The maximum Gasteiger partial charge on any atom is 0.335 e. The molecule has 0 atom stereocenters. The molecule has 0 spiro atoms. The highest BCUT2D eigenvalue weighted by atomic mass is 16.4. The zero-order valence-electron chi connectivity index (χ0n) is 17.9. The average Bonchev–Trinajstić information content (AvgIpc) is 3.25. The van der Waals surface area contributed by atoms with Gasteiger partial charge in [-0.05, 0) is 66.9 Å². The lowest BCUT2D eigenvalue weighted by atomic mass is 10.0. The van der Waals surface area contributed by atoms with E-state index in [1.165, 1.54) is 18.2 Å². The fraction of sp³-hybridized carbons (Fsp3) is 0.120. The molecule has 8 nitrogen and oxygen atoms in total. The predicted octanol–water partition coefficient (Wildman–Crippen LogP) is 4.18. The summed E-state index contributed by atoms with van der Waals surface area (Å²) in [4.78, 5) is 49.8. The number of imide groups is 2. The topological polar surface area (TPSA) is 117 Å². The minimum atomic E-state index is -1.03. The van der Waals surface area contributed by atoms with Crippen LogP contribution in [0.5, 0.6) is 0 Å². The van der Waals surface area contributed by atoms with Crippen LogP contribution >= 0.6 is 0 Å². The van der Waals surface area contributed by atoms with E-state index in [2.05, 4.69) is 5.32 Å². The molecule has 2 N–H and O–H groups in total. The van der Waals surface area contributed by atoms with Gasteiger partial charge >= 0.3 is 12.0 Å². The largest absolute Gasteiger partial charge is 0.478 e. The summed E-state index contributed by atoms with van der Waals surface area (Å²) in [6.07, 6.45) is 2.09. The monoisotopic (exact) mass is 444 g/mol. The second-order valence-electron chi connectivity index (χ2n) is 7.51. The highest BCUT2D eigenvalue weighted by Gasteiger charge is 2.37. The first-order chi connectivity index (χ1) is 15.8. The van der Waals surface area contributed by atoms with Gasteiger partial charge in [-0.1, -0.05) is 25.1 Å². The number of carboxylic acid groups (broad SMARTS) is 1. The first-order valence-corrected chi connectivity index (χ1v) is 10.2. The molecule has 33 heavy (non-hydrogen) atoms. The van der Waals surface area contributed by atoms with Gasteiger partial charge in [0.15, 0.2) is 0 Å². The van der Waals surface area contributed by atoms with Crippen LogP contribution in [0.15, 0.2) is 64.6 Å². The Morgan fingerprint density at radius 3 is 2.42 bits per heavy atom. The van der Waals surface area contributed by atoms with E-state index in [0.29, 0.717) is 22.6 Å². The summed E-state index contributed by atoms with van der Waals surface area (Å²) in [5, 5.41) is 11.3. The zero-order chi connectivity index (χ0) is 23.7. The number of furan rings is 1. The molecule has 0 bridgehead atoms. The number of anilines is 1. The fourth-order valence-corrected chi connectivity index (χ4v) is 3.56. The van der Waals surface area contributed by atoms with Crippen LogP contribution in [0.3, 0.4) is 0 Å². The number of benzene rings is 2. The summed E-state index contributed by atoms with van der Waals surface area (Å²) in [7, 11) is 0. The third kappa shape index (κ3) is 4.18. The van der Waals surface area contributed by atoms with Gasteiger partial charge in [0, 0.05) is 5.56 Å². The molecule has 1 aliphatic heterocycles. The van der Waals surface area contributed by atoms with Gasteiger partial charge in [0.2, 0.25) is 0 Å². The van der Waals surface area contributed by atoms with Crippen molar-refractivity contribution >= 4 is 35.6 Å². The molecule has 166 valence electrons. The number of aryl methyl sites for hydroxylation is 2. The van der Waals surface area contributed by atoms with Gasteiger partial charge in [0.05, 0.1) is 11.3 Å². The second-order valence-corrected chi connectivity index (χ2v) is 7.51. The number of amides is 4. The molecule has 2 heterocycles. The van der Waals surface area contributed by atoms with Crippen LogP contribution in [-0.2, 0) is 16.0 Å². The van der Waals surface area contributed by atoms with Crippen molar-refractivity contribution in [2.45, 2.75) is 20.3 Å². The summed E-state index contributed by atoms with van der Waals surface area (Å²) in [5.41, 5.74) is 2.69. The van der Waals surface area contributed by atoms with Gasteiger partial charge in [-0.25, -0.2) is 14.5 Å². The van der Waals surface area contributed by atoms with Crippen molar-refractivity contribution in [3.63, 3.8) is 0 Å². The normalized spacial score (nSPS) is 15.2. The van der Waals surface area contributed by atoms with E-state index in [-0.39, 0.29) is 16.9 Å². The smallest absolute Gasteiger partial charge is 0.335 e. The Morgan fingerprint density at radius 1 is 1.06 bits per heavy atom. The molecular formula is C25H20N2O6. The van der Waals surface area contributed by atoms with E-state index in [9.17, 15) is 19.2 Å². The van der Waals surface area contributed by atoms with E-state index in [1.54, 1.807) is 37.3 Å². The second kappa shape index (κ2) is 8.58. The molecule has 0 radical (unpaired) electrons. The summed E-state index contributed by atoms with van der Waals surface area (Å²) >= 11 is 0. The number of carbonyl (C=O) groups excluding carboxylic acids is 3. The zero-order valence-corrected chi connectivity index (χ0v) is 17.9. The number of hydrogen-bond donors (Lipinski definition) is 2. The fourth-order valence-electron chi connectivity index (χ4n) is 3.56. The minimum absolute atomic E-state index is 0.159. The van der Waals surface area contributed by atoms with Gasteiger partial charge in [-0.2, -0.15) is 0 Å². The lowest BCUT2D eigenvalue weighted by Gasteiger charge is -2.26. The molecule has 0 unspecified atom stereocenters. The van der Waals surface area contributed by atoms with E-state index in [4.69, 9.17) is 9.52 Å². The average molecular weight is 444 g/mol. The highest BCUT2D eigenvalue weighted by Crippen LogP contribution is 2.28. The van der Waals surface area contributed by atoms with Crippen LogP contribution in [0.2, 0.25) is 0 Å². The van der Waals surface area contributed by atoms with Crippen LogP contribution in [-0.4, -0.2) is 28.9 Å². The number of carboxylic acids is 1. The molecular weight excluding hydrogens is 424 g/mol. The predicted molar refractivity (Wildman–Crippen MR) is 121 cm³/mol. The Bertz CT molecular complexity index is 1320. The number of aromatic carboxylic acids is 1. The molecule has 0 aliphatic carbocycles. The van der Waals surface area contributed by atoms with Crippen molar-refractivity contribution in [2.75, 3.05) is 4.90 Å². The van der Waals surface area contributed by atoms with E-state index in [0.717, 1.165) is 16.9 Å². The number of hydrogen-bond acceptors (Lipinski definition) is 5. The Balaban J connectivity index is 1.65. The number of urea groups is 1. The van der Waals surface area contributed by atoms with Crippen LogP contribution in [0.1, 0.15) is 34.2 Å². The van der Waals surface area contributed by atoms with Crippen LogP contribution in [0.4, 0.5) is 10.5 Å². The van der Waals surface area contributed by atoms with Gasteiger partial charge in [0.1, 0.15) is 17.1 Å². The number of nitrogens with zero attached hydrogens (tertiary/aromatic N) is 1. The number of rotatable bonds is 5. The Kier molecular flexibility index (Phi) is 5.66. The third-order valence-corrected chi connectivity index (χ3v) is 5.36. The van der Waals surface area contributed by atoms with Crippen molar-refractivity contribution in [2.24, 2.45) is 0 Å². The number of barbiturate groups is 1. The SMILES string of the molecule is CCc1ccc(N2C(=O)NC(=O)/C(=C/c3ccc(-c4ccc(C(=O)O)cc4C)o3)C2=O)cc1. The maximum atomic E-state index is 13.0. The van der Waals surface area contributed by atoms with E-state index in [1.807, 2.05) is 19.1 Å². The molecule has 1 fully saturated rings. The highest BCUT2D eigenvalue weighted by molar-refractivity contribution is 6.39. The van der Waals surface area contributed by atoms with Gasteiger partial charge in [0.25, 0.3) is 11.8 Å². The molecule has 0 saturated carbocycles. The lowest BCUT2D eigenvalue weighted by molar-refractivity contribution is -0.122. The molecule has 8 heteroatoms. The van der Waals surface area contributed by atoms with E-state index < -0.39 is 23.8 Å². The summed E-state index contributed by atoms with van der Waals surface area (Å²) in [6, 6.07) is 14.0. The lowest BCUT2D eigenvalue weighted by Crippen LogP contribution is -2.54.